The molecule has 0 spiro atoms. The van der Waals surface area contributed by atoms with E-state index in [1.165, 1.54) is 24.3 Å². The van der Waals surface area contributed by atoms with Crippen LogP contribution in [0.25, 0.3) is 0 Å². The third-order valence-corrected chi connectivity index (χ3v) is 3.44. The van der Waals surface area contributed by atoms with Crippen LogP contribution in [0.2, 0.25) is 0 Å². The van der Waals surface area contributed by atoms with E-state index in [4.69, 9.17) is 0 Å². The molecule has 1 unspecified atom stereocenters. The second-order valence-corrected chi connectivity index (χ2v) is 6.17. The Labute approximate surface area is 94.4 Å². The van der Waals surface area contributed by atoms with Gasteiger partial charge in [0.2, 0.25) is 0 Å². The molecule has 0 aromatic carbocycles. The maximum absolute atomic E-state index is 3.49. The van der Waals surface area contributed by atoms with Crippen molar-refractivity contribution in [1.82, 2.24) is 5.32 Å². The van der Waals surface area contributed by atoms with Gasteiger partial charge in [-0.1, -0.05) is 27.7 Å². The zero-order valence-electron chi connectivity index (χ0n) is 10.5. The maximum atomic E-state index is 3.49. The summed E-state index contributed by atoms with van der Waals surface area (Å²) in [6.07, 6.45) is 2.62. The molecule has 0 amide bonds. The van der Waals surface area contributed by atoms with E-state index in [9.17, 15) is 0 Å². The summed E-state index contributed by atoms with van der Waals surface area (Å²) in [5, 5.41) is 3.49. The van der Waals surface area contributed by atoms with Gasteiger partial charge < -0.3 is 5.32 Å². The van der Waals surface area contributed by atoms with E-state index in [0.717, 1.165) is 6.54 Å². The summed E-state index contributed by atoms with van der Waals surface area (Å²) in [7, 11) is 0. The Morgan fingerprint density at radius 2 is 1.93 bits per heavy atom. The molecule has 0 saturated heterocycles. The third-order valence-electron chi connectivity index (χ3n) is 2.54. The van der Waals surface area contributed by atoms with Crippen molar-refractivity contribution in [2.75, 3.05) is 18.1 Å². The molecule has 0 saturated carbocycles. The lowest BCUT2D eigenvalue weighted by molar-refractivity contribution is 0.283. The van der Waals surface area contributed by atoms with Crippen LogP contribution in [-0.4, -0.2) is 24.1 Å². The zero-order valence-corrected chi connectivity index (χ0v) is 11.3. The molecule has 1 atom stereocenters. The van der Waals surface area contributed by atoms with Crippen molar-refractivity contribution in [2.45, 2.75) is 53.5 Å². The Morgan fingerprint density at radius 1 is 1.29 bits per heavy atom. The molecule has 0 radical (unpaired) electrons. The smallest absolute Gasteiger partial charge is 0.00436 e. The minimum absolute atomic E-state index is 0.490. The van der Waals surface area contributed by atoms with Gasteiger partial charge in [0.1, 0.15) is 0 Å². The Balaban J connectivity index is 3.69. The largest absolute Gasteiger partial charge is 0.315 e. The first-order valence-corrected chi connectivity index (χ1v) is 6.98. The summed E-state index contributed by atoms with van der Waals surface area (Å²) in [5.41, 5.74) is 0.490. The van der Waals surface area contributed by atoms with Crippen molar-refractivity contribution >= 4 is 11.8 Å². The van der Waals surface area contributed by atoms with Crippen LogP contribution in [0, 0.1) is 5.41 Å². The summed E-state index contributed by atoms with van der Waals surface area (Å²) in [6, 6.07) is 0.654. The number of thioether (sulfide) groups is 1. The van der Waals surface area contributed by atoms with E-state index >= 15 is 0 Å². The molecule has 2 heteroatoms. The summed E-state index contributed by atoms with van der Waals surface area (Å²) in [4.78, 5) is 0. The highest BCUT2D eigenvalue weighted by Crippen LogP contribution is 2.28. The van der Waals surface area contributed by atoms with Gasteiger partial charge in [-0.25, -0.2) is 0 Å². The number of hydrogen-bond acceptors (Lipinski definition) is 2. The fourth-order valence-corrected chi connectivity index (χ4v) is 2.83. The van der Waals surface area contributed by atoms with Gasteiger partial charge in [0.15, 0.2) is 0 Å². The van der Waals surface area contributed by atoms with Gasteiger partial charge in [0.05, 0.1) is 0 Å². The van der Waals surface area contributed by atoms with Crippen molar-refractivity contribution in [3.63, 3.8) is 0 Å². The van der Waals surface area contributed by atoms with E-state index in [0.29, 0.717) is 11.5 Å². The lowest BCUT2D eigenvalue weighted by Gasteiger charge is -2.28. The highest BCUT2D eigenvalue weighted by molar-refractivity contribution is 7.99. The molecule has 1 N–H and O–H groups in total. The summed E-state index contributed by atoms with van der Waals surface area (Å²) < 4.78 is 0. The highest BCUT2D eigenvalue weighted by Gasteiger charge is 2.20. The van der Waals surface area contributed by atoms with Crippen LogP contribution in [0.5, 0.6) is 0 Å². The fourth-order valence-electron chi connectivity index (χ4n) is 1.84. The van der Waals surface area contributed by atoms with E-state index in [1.807, 2.05) is 0 Å². The van der Waals surface area contributed by atoms with Crippen LogP contribution >= 0.6 is 11.8 Å². The first-order valence-electron chi connectivity index (χ1n) is 5.83. The molecule has 86 valence electrons. The maximum Gasteiger partial charge on any atom is 0.00436 e. The SMILES string of the molecule is CCNC(C)CC(C)(C)CCSCC. The van der Waals surface area contributed by atoms with E-state index in [-0.39, 0.29) is 0 Å². The normalized spacial score (nSPS) is 14.4. The minimum Gasteiger partial charge on any atom is -0.315 e. The summed E-state index contributed by atoms with van der Waals surface area (Å²) >= 11 is 2.06. The minimum atomic E-state index is 0.490. The Bertz CT molecular complexity index is 134. The molecule has 0 rings (SSSR count). The molecule has 0 heterocycles. The van der Waals surface area contributed by atoms with Gasteiger partial charge in [0, 0.05) is 6.04 Å². The van der Waals surface area contributed by atoms with Crippen LogP contribution in [-0.2, 0) is 0 Å². The predicted octanol–water partition coefficient (Wildman–Crippen LogP) is 3.54. The molecular weight excluding hydrogens is 190 g/mol. The Kier molecular flexibility index (Phi) is 7.75. The zero-order chi connectivity index (χ0) is 11.0. The molecule has 0 aliphatic carbocycles. The molecular formula is C12H27NS. The Morgan fingerprint density at radius 3 is 2.43 bits per heavy atom. The van der Waals surface area contributed by atoms with Crippen LogP contribution in [0.3, 0.4) is 0 Å². The average Bonchev–Trinajstić information content (AvgIpc) is 2.03. The summed E-state index contributed by atoms with van der Waals surface area (Å²) in [6.45, 7) is 12.6. The van der Waals surface area contributed by atoms with Gasteiger partial charge >= 0.3 is 0 Å². The summed E-state index contributed by atoms with van der Waals surface area (Å²) in [5.74, 6) is 2.56. The third kappa shape index (κ3) is 7.69. The molecule has 1 nitrogen and oxygen atoms in total. The van der Waals surface area contributed by atoms with E-state index in [2.05, 4.69) is 51.7 Å². The standard InChI is InChI=1S/C12H27NS/c1-6-13-11(3)10-12(4,5)8-9-14-7-2/h11,13H,6-10H2,1-5H3. The van der Waals surface area contributed by atoms with E-state index in [1.54, 1.807) is 0 Å². The van der Waals surface area contributed by atoms with Crippen molar-refractivity contribution in [1.29, 1.82) is 0 Å². The average molecular weight is 217 g/mol. The van der Waals surface area contributed by atoms with Gasteiger partial charge in [-0.2, -0.15) is 11.8 Å². The van der Waals surface area contributed by atoms with Crippen LogP contribution in [0.15, 0.2) is 0 Å². The predicted molar refractivity (Wildman–Crippen MR) is 69.2 cm³/mol. The monoisotopic (exact) mass is 217 g/mol. The number of rotatable bonds is 8. The first-order chi connectivity index (χ1) is 6.52. The van der Waals surface area contributed by atoms with E-state index < -0.39 is 0 Å². The van der Waals surface area contributed by atoms with Crippen LogP contribution in [0.4, 0.5) is 0 Å². The van der Waals surface area contributed by atoms with Gasteiger partial charge in [0.25, 0.3) is 0 Å². The second kappa shape index (κ2) is 7.58. The molecule has 0 fully saturated rings. The van der Waals surface area contributed by atoms with Crippen LogP contribution < -0.4 is 5.32 Å². The second-order valence-electron chi connectivity index (χ2n) is 4.77. The number of nitrogens with one attached hydrogen (secondary N) is 1. The molecule has 0 aromatic heterocycles. The van der Waals surface area contributed by atoms with Crippen molar-refractivity contribution < 1.29 is 0 Å². The fraction of sp³-hybridized carbons (Fsp3) is 1.00. The lowest BCUT2D eigenvalue weighted by Crippen LogP contribution is -2.31. The molecule has 0 aliphatic rings. The van der Waals surface area contributed by atoms with Gasteiger partial charge in [-0.15, -0.1) is 0 Å². The molecule has 0 aromatic rings. The van der Waals surface area contributed by atoms with Crippen LogP contribution in [0.1, 0.15) is 47.5 Å². The number of hydrogen-bond donors (Lipinski definition) is 1. The van der Waals surface area contributed by atoms with Gasteiger partial charge in [-0.05, 0) is 43.2 Å². The van der Waals surface area contributed by atoms with Gasteiger partial charge in [-0.3, -0.25) is 0 Å². The molecule has 14 heavy (non-hydrogen) atoms. The lowest BCUT2D eigenvalue weighted by atomic mass is 9.83. The highest BCUT2D eigenvalue weighted by atomic mass is 32.2. The topological polar surface area (TPSA) is 12.0 Å². The van der Waals surface area contributed by atoms with Crippen molar-refractivity contribution in [3.05, 3.63) is 0 Å². The van der Waals surface area contributed by atoms with Crippen molar-refractivity contribution in [3.8, 4) is 0 Å². The Hall–Kier alpha value is 0.310. The molecule has 0 aliphatic heterocycles. The first kappa shape index (κ1) is 14.3. The quantitative estimate of drug-likeness (QED) is 0.624. The van der Waals surface area contributed by atoms with Crippen molar-refractivity contribution in [2.24, 2.45) is 5.41 Å². The molecule has 0 bridgehead atoms.